The average Bonchev–Trinajstić information content (AvgIpc) is 2.45. The number of carbonyl (C=O) groups is 1. The number of nitrogens with one attached hydrogen (secondary N) is 1. The van der Waals surface area contributed by atoms with E-state index in [-0.39, 0.29) is 6.04 Å². The van der Waals surface area contributed by atoms with Crippen molar-refractivity contribution in [3.8, 4) is 0 Å². The maximum atomic E-state index is 12.3. The quantitative estimate of drug-likeness (QED) is 0.834. The van der Waals surface area contributed by atoms with Gasteiger partial charge < -0.3 is 15.1 Å². The molecule has 2 saturated heterocycles. The number of rotatable bonds is 4. The molecule has 4 heteroatoms. The molecule has 0 aromatic carbocycles. The molecule has 0 aromatic rings. The van der Waals surface area contributed by atoms with Crippen LogP contribution in [-0.2, 0) is 4.79 Å². The summed E-state index contributed by atoms with van der Waals surface area (Å²) in [5.41, 5.74) is 0. The molecule has 2 aliphatic rings. The first-order chi connectivity index (χ1) is 9.16. The van der Waals surface area contributed by atoms with Crippen molar-refractivity contribution in [3.05, 3.63) is 0 Å². The van der Waals surface area contributed by atoms with Crippen molar-refractivity contribution in [3.63, 3.8) is 0 Å². The zero-order chi connectivity index (χ0) is 13.7. The van der Waals surface area contributed by atoms with E-state index in [9.17, 15) is 4.79 Å². The summed E-state index contributed by atoms with van der Waals surface area (Å²) >= 11 is 0. The fraction of sp³-hybridized carbons (Fsp3) is 0.933. The van der Waals surface area contributed by atoms with E-state index < -0.39 is 0 Å². The topological polar surface area (TPSA) is 35.6 Å². The van der Waals surface area contributed by atoms with Gasteiger partial charge in [0.1, 0.15) is 0 Å². The van der Waals surface area contributed by atoms with E-state index in [0.29, 0.717) is 5.91 Å². The van der Waals surface area contributed by atoms with E-state index in [1.807, 2.05) is 11.9 Å². The van der Waals surface area contributed by atoms with Crippen LogP contribution >= 0.6 is 0 Å². The third-order valence-electron chi connectivity index (χ3n) is 4.58. The van der Waals surface area contributed by atoms with Crippen LogP contribution < -0.4 is 5.32 Å². The molecule has 4 nitrogen and oxygen atoms in total. The van der Waals surface area contributed by atoms with E-state index in [1.54, 1.807) is 0 Å². The van der Waals surface area contributed by atoms with Gasteiger partial charge in [0, 0.05) is 20.1 Å². The third-order valence-corrected chi connectivity index (χ3v) is 4.58. The molecule has 19 heavy (non-hydrogen) atoms. The van der Waals surface area contributed by atoms with Crippen LogP contribution in [0.25, 0.3) is 0 Å². The van der Waals surface area contributed by atoms with Gasteiger partial charge in [-0.05, 0) is 58.2 Å². The van der Waals surface area contributed by atoms with Crippen LogP contribution in [0, 0.1) is 5.92 Å². The van der Waals surface area contributed by atoms with E-state index in [4.69, 9.17) is 0 Å². The van der Waals surface area contributed by atoms with Crippen LogP contribution in [0.15, 0.2) is 0 Å². The molecule has 110 valence electrons. The fourth-order valence-electron chi connectivity index (χ4n) is 3.32. The smallest absolute Gasteiger partial charge is 0.239 e. The number of hydrogen-bond acceptors (Lipinski definition) is 3. The van der Waals surface area contributed by atoms with Crippen molar-refractivity contribution in [2.45, 2.75) is 44.6 Å². The maximum absolute atomic E-state index is 12.3. The summed E-state index contributed by atoms with van der Waals surface area (Å²) in [5, 5.41) is 3.35. The van der Waals surface area contributed by atoms with Crippen molar-refractivity contribution in [2.75, 3.05) is 40.3 Å². The number of carbonyl (C=O) groups excluding carboxylic acids is 1. The largest absolute Gasteiger partial charge is 0.344 e. The van der Waals surface area contributed by atoms with Gasteiger partial charge in [0.05, 0.1) is 6.04 Å². The Kier molecular flexibility index (Phi) is 5.64. The highest BCUT2D eigenvalue weighted by Gasteiger charge is 2.24. The van der Waals surface area contributed by atoms with Crippen LogP contribution in [0.1, 0.15) is 38.5 Å². The summed E-state index contributed by atoms with van der Waals surface area (Å²) in [6, 6.07) is 0.0766. The predicted molar refractivity (Wildman–Crippen MR) is 78.1 cm³/mol. The Hall–Kier alpha value is -0.610. The lowest BCUT2D eigenvalue weighted by atomic mass is 9.95. The van der Waals surface area contributed by atoms with Crippen LogP contribution in [-0.4, -0.2) is 62.0 Å². The molecule has 2 atom stereocenters. The molecule has 2 fully saturated rings. The highest BCUT2D eigenvalue weighted by atomic mass is 16.2. The molecule has 0 saturated carbocycles. The SMILES string of the molecule is CN1CCCC(CCN(C)C(=O)C2CCCCN2)C1. The van der Waals surface area contributed by atoms with E-state index in [2.05, 4.69) is 17.3 Å². The van der Waals surface area contributed by atoms with Gasteiger partial charge in [-0.1, -0.05) is 6.42 Å². The van der Waals surface area contributed by atoms with Crippen LogP contribution in [0.3, 0.4) is 0 Å². The predicted octanol–water partition coefficient (Wildman–Crippen LogP) is 1.32. The molecule has 0 radical (unpaired) electrons. The summed E-state index contributed by atoms with van der Waals surface area (Å²) in [5.74, 6) is 1.07. The number of likely N-dealkylation sites (N-methyl/N-ethyl adjacent to an activating group) is 1. The molecule has 2 heterocycles. The summed E-state index contributed by atoms with van der Waals surface area (Å²) in [7, 11) is 4.16. The molecular weight excluding hydrogens is 238 g/mol. The average molecular weight is 267 g/mol. The molecule has 0 bridgehead atoms. The molecule has 1 N–H and O–H groups in total. The van der Waals surface area contributed by atoms with Crippen molar-refractivity contribution >= 4 is 5.91 Å². The first kappa shape index (κ1) is 14.8. The van der Waals surface area contributed by atoms with Gasteiger partial charge in [-0.25, -0.2) is 0 Å². The highest BCUT2D eigenvalue weighted by Crippen LogP contribution is 2.19. The lowest BCUT2D eigenvalue weighted by Crippen LogP contribution is -2.47. The third kappa shape index (κ3) is 4.46. The zero-order valence-corrected chi connectivity index (χ0v) is 12.5. The zero-order valence-electron chi connectivity index (χ0n) is 12.5. The van der Waals surface area contributed by atoms with E-state index in [0.717, 1.165) is 31.8 Å². The number of nitrogens with zero attached hydrogens (tertiary/aromatic N) is 2. The molecule has 0 aliphatic carbocycles. The fourth-order valence-corrected chi connectivity index (χ4v) is 3.32. The lowest BCUT2D eigenvalue weighted by molar-refractivity contribution is -0.132. The molecule has 1 amide bonds. The Morgan fingerprint density at radius 2 is 2.16 bits per heavy atom. The van der Waals surface area contributed by atoms with E-state index >= 15 is 0 Å². The Labute approximate surface area is 117 Å². The molecule has 0 spiro atoms. The van der Waals surface area contributed by atoms with Gasteiger partial charge in [-0.3, -0.25) is 4.79 Å². The Bertz CT molecular complexity index is 289. The Morgan fingerprint density at radius 3 is 2.84 bits per heavy atom. The normalized spacial score (nSPS) is 29.2. The second kappa shape index (κ2) is 7.25. The Balaban J connectivity index is 1.70. The first-order valence-corrected chi connectivity index (χ1v) is 7.83. The van der Waals surface area contributed by atoms with Gasteiger partial charge in [0.25, 0.3) is 0 Å². The summed E-state index contributed by atoms with van der Waals surface area (Å²) in [6.45, 7) is 4.34. The molecule has 0 aromatic heterocycles. The van der Waals surface area contributed by atoms with Crippen LogP contribution in [0.5, 0.6) is 0 Å². The first-order valence-electron chi connectivity index (χ1n) is 7.83. The van der Waals surface area contributed by atoms with Gasteiger partial charge in [0.15, 0.2) is 0 Å². The molecule has 2 rings (SSSR count). The maximum Gasteiger partial charge on any atom is 0.239 e. The van der Waals surface area contributed by atoms with Crippen molar-refractivity contribution in [1.82, 2.24) is 15.1 Å². The standard InChI is InChI=1S/C15H29N3O/c1-17-10-5-6-13(12-17)8-11-18(2)15(19)14-7-3-4-9-16-14/h13-14,16H,3-12H2,1-2H3. The van der Waals surface area contributed by atoms with Crippen molar-refractivity contribution < 1.29 is 4.79 Å². The number of amides is 1. The van der Waals surface area contributed by atoms with Crippen LogP contribution in [0.4, 0.5) is 0 Å². The molecular formula is C15H29N3O. The van der Waals surface area contributed by atoms with Crippen molar-refractivity contribution in [2.24, 2.45) is 5.92 Å². The van der Waals surface area contributed by atoms with Gasteiger partial charge in [-0.15, -0.1) is 0 Å². The Morgan fingerprint density at radius 1 is 1.32 bits per heavy atom. The van der Waals surface area contributed by atoms with Gasteiger partial charge in [0.2, 0.25) is 5.91 Å². The van der Waals surface area contributed by atoms with Gasteiger partial charge in [-0.2, -0.15) is 0 Å². The number of hydrogen-bond donors (Lipinski definition) is 1. The van der Waals surface area contributed by atoms with E-state index in [1.165, 1.54) is 38.8 Å². The second-order valence-electron chi connectivity index (χ2n) is 6.32. The minimum absolute atomic E-state index is 0.0766. The minimum atomic E-state index is 0.0766. The second-order valence-corrected chi connectivity index (χ2v) is 6.32. The number of likely N-dealkylation sites (tertiary alicyclic amines) is 1. The summed E-state index contributed by atoms with van der Waals surface area (Å²) in [6.07, 6.45) is 7.19. The van der Waals surface area contributed by atoms with Gasteiger partial charge >= 0.3 is 0 Å². The summed E-state index contributed by atoms with van der Waals surface area (Å²) < 4.78 is 0. The number of piperidine rings is 2. The minimum Gasteiger partial charge on any atom is -0.344 e. The summed E-state index contributed by atoms with van der Waals surface area (Å²) in [4.78, 5) is 16.6. The highest BCUT2D eigenvalue weighted by molar-refractivity contribution is 5.81. The molecule has 2 unspecified atom stereocenters. The molecule has 2 aliphatic heterocycles. The van der Waals surface area contributed by atoms with Crippen molar-refractivity contribution in [1.29, 1.82) is 0 Å². The lowest BCUT2D eigenvalue weighted by Gasteiger charge is -2.32. The monoisotopic (exact) mass is 267 g/mol. The van der Waals surface area contributed by atoms with Crippen LogP contribution in [0.2, 0.25) is 0 Å².